The zero-order chi connectivity index (χ0) is 21.1. The van der Waals surface area contributed by atoms with Crippen LogP contribution in [0.5, 0.6) is 0 Å². The molecule has 8 nitrogen and oxygen atoms in total. The van der Waals surface area contributed by atoms with E-state index in [1.165, 1.54) is 9.48 Å². The SMILES string of the molecule is COCCCN1C(=O)C2C=CC=CC2=[N+](Cc2nc(-c3cccc(C)c3)no2)C1=O. The minimum absolute atomic E-state index is 0.0930. The van der Waals surface area contributed by atoms with Gasteiger partial charge in [-0.05, 0) is 19.1 Å². The molecule has 2 heterocycles. The molecule has 2 aromatic rings. The van der Waals surface area contributed by atoms with Crippen LogP contribution in [0.1, 0.15) is 17.9 Å². The van der Waals surface area contributed by atoms with Crippen LogP contribution in [0.4, 0.5) is 4.79 Å². The van der Waals surface area contributed by atoms with Crippen molar-refractivity contribution in [2.45, 2.75) is 19.9 Å². The number of methoxy groups -OCH3 is 1. The molecule has 1 atom stereocenters. The lowest BCUT2D eigenvalue weighted by Crippen LogP contribution is -2.54. The zero-order valence-corrected chi connectivity index (χ0v) is 16.9. The topological polar surface area (TPSA) is 88.5 Å². The molecule has 1 aromatic heterocycles. The van der Waals surface area contributed by atoms with Gasteiger partial charge in [-0.1, -0.05) is 47.1 Å². The predicted molar refractivity (Wildman–Crippen MR) is 109 cm³/mol. The molecule has 2 aliphatic rings. The Morgan fingerprint density at radius 3 is 2.93 bits per heavy atom. The van der Waals surface area contributed by atoms with E-state index in [9.17, 15) is 9.59 Å². The van der Waals surface area contributed by atoms with E-state index in [2.05, 4.69) is 10.1 Å². The first kappa shape index (κ1) is 19.9. The number of fused-ring (bicyclic) bond motifs is 1. The first-order valence-corrected chi connectivity index (χ1v) is 9.81. The number of imide groups is 1. The maximum atomic E-state index is 13.1. The molecule has 0 spiro atoms. The Kier molecular flexibility index (Phi) is 5.67. The highest BCUT2D eigenvalue weighted by molar-refractivity contribution is 6.16. The number of rotatable bonds is 7. The minimum Gasteiger partial charge on any atom is -0.385 e. The maximum absolute atomic E-state index is 13.1. The molecule has 1 unspecified atom stereocenters. The number of benzene rings is 1. The average molecular weight is 407 g/mol. The summed E-state index contributed by atoms with van der Waals surface area (Å²) in [6, 6.07) is 7.40. The van der Waals surface area contributed by atoms with E-state index < -0.39 is 11.9 Å². The van der Waals surface area contributed by atoms with Gasteiger partial charge in [-0.15, -0.1) is 0 Å². The van der Waals surface area contributed by atoms with Crippen molar-refractivity contribution in [2.24, 2.45) is 5.92 Å². The lowest BCUT2D eigenvalue weighted by Gasteiger charge is -2.26. The van der Waals surface area contributed by atoms with Crippen molar-refractivity contribution >= 4 is 17.6 Å². The smallest absolute Gasteiger partial charge is 0.385 e. The van der Waals surface area contributed by atoms with Crippen LogP contribution in [0.2, 0.25) is 0 Å². The lowest BCUT2D eigenvalue weighted by atomic mass is 9.94. The molecule has 1 aliphatic heterocycles. The number of allylic oxidation sites excluding steroid dienone is 3. The fourth-order valence-corrected chi connectivity index (χ4v) is 3.60. The van der Waals surface area contributed by atoms with Gasteiger partial charge in [-0.25, -0.2) is 4.79 Å². The van der Waals surface area contributed by atoms with Gasteiger partial charge in [0.25, 0.3) is 5.89 Å². The molecule has 8 heteroatoms. The number of nitrogens with zero attached hydrogens (tertiary/aromatic N) is 4. The first-order valence-electron chi connectivity index (χ1n) is 9.81. The number of ether oxygens (including phenoxy) is 1. The number of hydrogen-bond donors (Lipinski definition) is 0. The molecule has 0 saturated carbocycles. The summed E-state index contributed by atoms with van der Waals surface area (Å²) in [7, 11) is 1.59. The summed E-state index contributed by atoms with van der Waals surface area (Å²) in [5.74, 6) is 0.0374. The summed E-state index contributed by atoms with van der Waals surface area (Å²) >= 11 is 0. The molecule has 154 valence electrons. The lowest BCUT2D eigenvalue weighted by molar-refractivity contribution is -0.460. The van der Waals surface area contributed by atoms with Crippen LogP contribution in [-0.2, 0) is 16.1 Å². The van der Waals surface area contributed by atoms with Gasteiger partial charge in [0.2, 0.25) is 5.82 Å². The fourth-order valence-electron chi connectivity index (χ4n) is 3.60. The van der Waals surface area contributed by atoms with Crippen molar-refractivity contribution in [2.75, 3.05) is 20.3 Å². The van der Waals surface area contributed by atoms with E-state index in [-0.39, 0.29) is 12.5 Å². The van der Waals surface area contributed by atoms with E-state index in [4.69, 9.17) is 9.26 Å². The second-order valence-corrected chi connectivity index (χ2v) is 7.23. The number of carbonyl (C=O) groups is 2. The third-order valence-electron chi connectivity index (χ3n) is 5.07. The summed E-state index contributed by atoms with van der Waals surface area (Å²) in [6.07, 6.45) is 7.78. The van der Waals surface area contributed by atoms with Crippen LogP contribution in [0.25, 0.3) is 11.4 Å². The first-order chi connectivity index (χ1) is 14.6. The maximum Gasteiger partial charge on any atom is 0.501 e. The molecule has 1 aromatic carbocycles. The number of carbonyl (C=O) groups excluding carboxylic acids is 2. The molecule has 0 saturated heterocycles. The van der Waals surface area contributed by atoms with Gasteiger partial charge in [0.1, 0.15) is 11.6 Å². The molecule has 0 fully saturated rings. The second kappa shape index (κ2) is 8.54. The number of aryl methyl sites for hydroxylation is 1. The number of aromatic nitrogens is 2. The summed E-state index contributed by atoms with van der Waals surface area (Å²) in [5, 5.41) is 4.05. The number of amides is 3. The highest BCUT2D eigenvalue weighted by Crippen LogP contribution is 2.22. The van der Waals surface area contributed by atoms with Crippen molar-refractivity contribution in [1.82, 2.24) is 15.0 Å². The highest BCUT2D eigenvalue weighted by atomic mass is 16.5. The molecular formula is C22H23N4O4+. The standard InChI is InChI=1S/C22H23N4O4/c1-15-7-5-8-16(13-15)20-23-19(30-24-20)14-26-18-10-4-3-9-17(18)21(27)25(22(26)28)11-6-12-29-2/h3-5,7-10,13,17H,6,11-12,14H2,1-2H3/q+1. The Balaban J connectivity index is 1.63. The van der Waals surface area contributed by atoms with Crippen LogP contribution < -0.4 is 0 Å². The van der Waals surface area contributed by atoms with E-state index in [1.54, 1.807) is 19.3 Å². The van der Waals surface area contributed by atoms with E-state index in [0.717, 1.165) is 11.1 Å². The summed E-state index contributed by atoms with van der Waals surface area (Å²) in [5.41, 5.74) is 2.55. The van der Waals surface area contributed by atoms with Gasteiger partial charge in [0.05, 0.1) is 6.54 Å². The Bertz CT molecular complexity index is 1070. The van der Waals surface area contributed by atoms with E-state index in [0.29, 0.717) is 37.0 Å². The van der Waals surface area contributed by atoms with Gasteiger partial charge in [-0.2, -0.15) is 19.3 Å². The molecule has 3 amide bonds. The summed E-state index contributed by atoms with van der Waals surface area (Å²) in [4.78, 5) is 31.7. The minimum atomic E-state index is -0.505. The summed E-state index contributed by atoms with van der Waals surface area (Å²) < 4.78 is 12.0. The molecule has 0 N–H and O–H groups in total. The van der Waals surface area contributed by atoms with Gasteiger partial charge in [0.15, 0.2) is 6.54 Å². The average Bonchev–Trinajstić information content (AvgIpc) is 3.22. The van der Waals surface area contributed by atoms with Crippen LogP contribution in [0.15, 0.2) is 53.1 Å². The van der Waals surface area contributed by atoms with E-state index >= 15 is 0 Å². The third kappa shape index (κ3) is 3.86. The second-order valence-electron chi connectivity index (χ2n) is 7.23. The molecule has 1 aliphatic carbocycles. The van der Waals surface area contributed by atoms with Crippen LogP contribution in [-0.4, -0.2) is 57.5 Å². The molecule has 0 radical (unpaired) electrons. The fraction of sp³-hybridized carbons (Fsp3) is 0.318. The molecule has 30 heavy (non-hydrogen) atoms. The van der Waals surface area contributed by atoms with Gasteiger partial charge < -0.3 is 9.26 Å². The van der Waals surface area contributed by atoms with Crippen molar-refractivity contribution in [1.29, 1.82) is 0 Å². The number of hydrogen-bond acceptors (Lipinski definition) is 6. The van der Waals surface area contributed by atoms with Gasteiger partial charge in [-0.3, -0.25) is 0 Å². The highest BCUT2D eigenvalue weighted by Gasteiger charge is 2.46. The quantitative estimate of drug-likeness (QED) is 0.518. The van der Waals surface area contributed by atoms with Crippen molar-refractivity contribution < 1.29 is 23.4 Å². The Hall–Kier alpha value is -3.39. The predicted octanol–water partition coefficient (Wildman–Crippen LogP) is 2.74. The Morgan fingerprint density at radius 2 is 2.13 bits per heavy atom. The van der Waals surface area contributed by atoms with Crippen molar-refractivity contribution in [3.05, 3.63) is 60.0 Å². The Morgan fingerprint density at radius 1 is 1.27 bits per heavy atom. The molecule has 0 bridgehead atoms. The zero-order valence-electron chi connectivity index (χ0n) is 16.9. The van der Waals surface area contributed by atoms with Crippen LogP contribution in [0, 0.1) is 12.8 Å². The normalized spacial score (nSPS) is 18.3. The van der Waals surface area contributed by atoms with Crippen molar-refractivity contribution in [3.63, 3.8) is 0 Å². The Labute approximate surface area is 174 Å². The van der Waals surface area contributed by atoms with Crippen LogP contribution in [0.3, 0.4) is 0 Å². The third-order valence-corrected chi connectivity index (χ3v) is 5.07. The molecule has 4 rings (SSSR count). The van der Waals surface area contributed by atoms with Gasteiger partial charge >= 0.3 is 11.9 Å². The monoisotopic (exact) mass is 407 g/mol. The van der Waals surface area contributed by atoms with Gasteiger partial charge in [0, 0.05) is 25.7 Å². The van der Waals surface area contributed by atoms with Crippen molar-refractivity contribution in [3.8, 4) is 11.4 Å². The van der Waals surface area contributed by atoms with E-state index in [1.807, 2.05) is 43.3 Å². The summed E-state index contributed by atoms with van der Waals surface area (Å²) in [6.45, 7) is 2.85. The molecular weight excluding hydrogens is 384 g/mol. The number of urea groups is 1. The largest absolute Gasteiger partial charge is 0.501 e. The van der Waals surface area contributed by atoms with Crippen LogP contribution >= 0.6 is 0 Å².